The molecule has 0 amide bonds. The Hall–Kier alpha value is -2.10. The van der Waals surface area contributed by atoms with E-state index < -0.39 is 0 Å². The van der Waals surface area contributed by atoms with Crippen LogP contribution in [0.1, 0.15) is 31.5 Å². The van der Waals surface area contributed by atoms with Crippen molar-refractivity contribution >= 4 is 5.90 Å². The lowest BCUT2D eigenvalue weighted by Gasteiger charge is -2.11. The molecule has 1 aliphatic heterocycles. The third-order valence-electron chi connectivity index (χ3n) is 4.32. The molecule has 2 atom stereocenters. The third kappa shape index (κ3) is 2.91. The van der Waals surface area contributed by atoms with Crippen molar-refractivity contribution in [3.63, 3.8) is 0 Å². The first-order chi connectivity index (χ1) is 10.7. The summed E-state index contributed by atoms with van der Waals surface area (Å²) in [5.41, 5.74) is 1.58. The van der Waals surface area contributed by atoms with Crippen molar-refractivity contribution in [3.05, 3.63) is 59.7 Å². The van der Waals surface area contributed by atoms with Crippen LogP contribution < -0.4 is 0 Å². The Balaban J connectivity index is 1.83. The van der Waals surface area contributed by atoms with Gasteiger partial charge in [0.1, 0.15) is 18.1 Å². The molecule has 1 aromatic carbocycles. The molecule has 0 spiro atoms. The van der Waals surface area contributed by atoms with Crippen molar-refractivity contribution in [1.29, 1.82) is 0 Å². The van der Waals surface area contributed by atoms with Gasteiger partial charge in [-0.2, -0.15) is 0 Å². The van der Waals surface area contributed by atoms with E-state index in [-0.39, 0.29) is 11.9 Å². The Bertz CT molecular complexity index is 677. The van der Waals surface area contributed by atoms with Crippen LogP contribution in [0.3, 0.4) is 0 Å². The Labute approximate surface area is 130 Å². The molecule has 3 nitrogen and oxygen atoms in total. The van der Waals surface area contributed by atoms with E-state index in [0.717, 1.165) is 12.1 Å². The zero-order valence-corrected chi connectivity index (χ0v) is 13.0. The van der Waals surface area contributed by atoms with Crippen molar-refractivity contribution in [1.82, 2.24) is 4.57 Å². The lowest BCUT2D eigenvalue weighted by atomic mass is 10.0. The molecule has 3 rings (SSSR count). The summed E-state index contributed by atoms with van der Waals surface area (Å²) in [4.78, 5) is 4.71. The molecule has 0 aliphatic carbocycles. The maximum absolute atomic E-state index is 13.8. The van der Waals surface area contributed by atoms with Crippen molar-refractivity contribution in [2.75, 3.05) is 6.61 Å². The summed E-state index contributed by atoms with van der Waals surface area (Å²) in [5.74, 6) is 0.994. The van der Waals surface area contributed by atoms with Gasteiger partial charge in [0.2, 0.25) is 5.90 Å². The first-order valence-corrected chi connectivity index (χ1v) is 7.78. The highest BCUT2D eigenvalue weighted by atomic mass is 19.1. The highest BCUT2D eigenvalue weighted by Gasteiger charge is 2.25. The molecule has 1 aliphatic rings. The van der Waals surface area contributed by atoms with E-state index >= 15 is 0 Å². The van der Waals surface area contributed by atoms with Gasteiger partial charge in [-0.1, -0.05) is 38.5 Å². The highest BCUT2D eigenvalue weighted by Crippen LogP contribution is 2.21. The van der Waals surface area contributed by atoms with E-state index in [0.29, 0.717) is 30.5 Å². The number of rotatable bonds is 5. The zero-order valence-electron chi connectivity index (χ0n) is 13.0. The fourth-order valence-electron chi connectivity index (χ4n) is 2.65. The van der Waals surface area contributed by atoms with E-state index in [9.17, 15) is 4.39 Å². The lowest BCUT2D eigenvalue weighted by molar-refractivity contribution is 0.281. The van der Waals surface area contributed by atoms with Crippen molar-refractivity contribution < 1.29 is 9.13 Å². The van der Waals surface area contributed by atoms with E-state index in [4.69, 9.17) is 9.73 Å². The van der Waals surface area contributed by atoms with Crippen LogP contribution in [0.25, 0.3) is 0 Å². The molecule has 116 valence electrons. The van der Waals surface area contributed by atoms with Gasteiger partial charge in [0.05, 0.1) is 12.6 Å². The summed E-state index contributed by atoms with van der Waals surface area (Å²) in [6.07, 6.45) is 3.02. The second kappa shape index (κ2) is 6.34. The topological polar surface area (TPSA) is 26.5 Å². The van der Waals surface area contributed by atoms with Gasteiger partial charge >= 0.3 is 0 Å². The van der Waals surface area contributed by atoms with Crippen LogP contribution in [0, 0.1) is 11.7 Å². The monoisotopic (exact) mass is 300 g/mol. The molecule has 0 N–H and O–H groups in total. The van der Waals surface area contributed by atoms with Crippen LogP contribution in [-0.4, -0.2) is 23.1 Å². The zero-order chi connectivity index (χ0) is 15.5. The molecule has 22 heavy (non-hydrogen) atoms. The quantitative estimate of drug-likeness (QED) is 0.823. The third-order valence-corrected chi connectivity index (χ3v) is 4.32. The fourth-order valence-corrected chi connectivity index (χ4v) is 2.65. The molecule has 0 fully saturated rings. The standard InChI is InChI=1S/C18H21FN2O/c1-3-13(2)16-12-22-18(20-16)17-9-6-10-21(17)11-14-7-4-5-8-15(14)19/h4-10,13,16H,3,11-12H2,1-2H3/t13-,16+/m1/s1. The summed E-state index contributed by atoms with van der Waals surface area (Å²) in [6, 6.07) is 11.0. The highest BCUT2D eigenvalue weighted by molar-refractivity contribution is 5.93. The minimum absolute atomic E-state index is 0.186. The van der Waals surface area contributed by atoms with Gasteiger partial charge in [-0.05, 0) is 24.1 Å². The maximum atomic E-state index is 13.8. The summed E-state index contributed by atoms with van der Waals surface area (Å²) in [6.45, 7) is 5.47. The molecule has 1 aromatic heterocycles. The minimum Gasteiger partial charge on any atom is -0.474 e. The molecule has 0 saturated carbocycles. The fraction of sp³-hybridized carbons (Fsp3) is 0.389. The second-order valence-corrected chi connectivity index (χ2v) is 5.81. The normalized spacial score (nSPS) is 18.9. The smallest absolute Gasteiger partial charge is 0.233 e. The molecular formula is C18H21FN2O. The SMILES string of the molecule is CC[C@@H](C)[C@@H]1COC(c2cccn2Cc2ccccc2F)=N1. The Morgan fingerprint density at radius 2 is 2.14 bits per heavy atom. The largest absolute Gasteiger partial charge is 0.474 e. The van der Waals surface area contributed by atoms with Crippen LogP contribution in [0.5, 0.6) is 0 Å². The van der Waals surface area contributed by atoms with Gasteiger partial charge in [-0.3, -0.25) is 0 Å². The van der Waals surface area contributed by atoms with Gasteiger partial charge in [0.15, 0.2) is 0 Å². The van der Waals surface area contributed by atoms with Gasteiger partial charge in [0.25, 0.3) is 0 Å². The predicted molar refractivity (Wildman–Crippen MR) is 85.7 cm³/mol. The summed E-state index contributed by atoms with van der Waals surface area (Å²) >= 11 is 0. The van der Waals surface area contributed by atoms with Crippen LogP contribution in [0.2, 0.25) is 0 Å². The van der Waals surface area contributed by atoms with E-state index in [1.165, 1.54) is 6.07 Å². The van der Waals surface area contributed by atoms with Crippen LogP contribution in [0.4, 0.5) is 4.39 Å². The molecule has 2 heterocycles. The van der Waals surface area contributed by atoms with Crippen molar-refractivity contribution in [3.8, 4) is 0 Å². The van der Waals surface area contributed by atoms with E-state index in [1.807, 2.05) is 29.0 Å². The number of aliphatic imine (C=N–C) groups is 1. The number of halogens is 1. The van der Waals surface area contributed by atoms with Crippen molar-refractivity contribution in [2.45, 2.75) is 32.9 Å². The summed E-state index contributed by atoms with van der Waals surface area (Å²) < 4.78 is 21.6. The predicted octanol–water partition coefficient (Wildman–Crippen LogP) is 3.87. The number of hydrogen-bond donors (Lipinski definition) is 0. The summed E-state index contributed by atoms with van der Waals surface area (Å²) in [7, 11) is 0. The number of benzene rings is 1. The molecule has 0 saturated heterocycles. The van der Waals surface area contributed by atoms with Gasteiger partial charge in [-0.15, -0.1) is 0 Å². The van der Waals surface area contributed by atoms with Crippen molar-refractivity contribution in [2.24, 2.45) is 10.9 Å². The molecule has 0 radical (unpaired) electrons. The molecule has 0 bridgehead atoms. The average Bonchev–Trinajstić information content (AvgIpc) is 3.17. The molecule has 2 aromatic rings. The lowest BCUT2D eigenvalue weighted by Crippen LogP contribution is -2.16. The molecule has 4 heteroatoms. The number of ether oxygens (including phenoxy) is 1. The first-order valence-electron chi connectivity index (χ1n) is 7.78. The number of aromatic nitrogens is 1. The Kier molecular flexibility index (Phi) is 4.27. The first kappa shape index (κ1) is 14.8. The number of nitrogens with zero attached hydrogens (tertiary/aromatic N) is 2. The van der Waals surface area contributed by atoms with Crippen LogP contribution in [0.15, 0.2) is 47.6 Å². The molecule has 0 unspecified atom stereocenters. The Morgan fingerprint density at radius 3 is 2.91 bits per heavy atom. The van der Waals surface area contributed by atoms with Gasteiger partial charge in [0, 0.05) is 11.8 Å². The van der Waals surface area contributed by atoms with Crippen LogP contribution in [-0.2, 0) is 11.3 Å². The van der Waals surface area contributed by atoms with Gasteiger partial charge in [-0.25, -0.2) is 9.38 Å². The molecular weight excluding hydrogens is 279 g/mol. The Morgan fingerprint density at radius 1 is 1.32 bits per heavy atom. The number of hydrogen-bond acceptors (Lipinski definition) is 2. The van der Waals surface area contributed by atoms with Gasteiger partial charge < -0.3 is 9.30 Å². The minimum atomic E-state index is -0.186. The summed E-state index contributed by atoms with van der Waals surface area (Å²) in [5, 5.41) is 0. The van der Waals surface area contributed by atoms with E-state index in [2.05, 4.69) is 13.8 Å². The second-order valence-electron chi connectivity index (χ2n) is 5.81. The average molecular weight is 300 g/mol. The maximum Gasteiger partial charge on any atom is 0.233 e. The van der Waals surface area contributed by atoms with E-state index in [1.54, 1.807) is 12.1 Å². The van der Waals surface area contributed by atoms with Crippen LogP contribution >= 0.6 is 0 Å².